The first-order valence-electron chi connectivity index (χ1n) is 12.7. The highest BCUT2D eigenvalue weighted by molar-refractivity contribution is 6.13. The third-order valence-corrected chi connectivity index (χ3v) is 6.99. The quantitative estimate of drug-likeness (QED) is 0.504. The van der Waals surface area contributed by atoms with Gasteiger partial charge >= 0.3 is 0 Å². The number of halogens is 2. The summed E-state index contributed by atoms with van der Waals surface area (Å²) in [6.45, 7) is 3.06. The molecule has 9 nitrogen and oxygen atoms in total. The fourth-order valence-corrected chi connectivity index (χ4v) is 4.88. The average Bonchev–Trinajstić information content (AvgIpc) is 3.14. The fourth-order valence-electron chi connectivity index (χ4n) is 4.88. The third kappa shape index (κ3) is 6.15. The maximum Gasteiger partial charge on any atom is 0.256 e. The molecule has 11 heteroatoms. The molecular formula is C28H33F2N5O4. The molecule has 2 aliphatic heterocycles. The van der Waals surface area contributed by atoms with Crippen LogP contribution in [0.5, 0.6) is 0 Å². The van der Waals surface area contributed by atoms with Gasteiger partial charge in [-0.1, -0.05) is 36.4 Å². The molecule has 2 aliphatic rings. The summed E-state index contributed by atoms with van der Waals surface area (Å²) in [6.07, 6.45) is 0.770. The van der Waals surface area contributed by atoms with E-state index in [-0.39, 0.29) is 25.7 Å². The second-order valence-corrected chi connectivity index (χ2v) is 10.6. The first kappa shape index (κ1) is 28.3. The van der Waals surface area contributed by atoms with Gasteiger partial charge < -0.3 is 20.7 Å². The topological polar surface area (TPSA) is 117 Å². The van der Waals surface area contributed by atoms with Crippen molar-refractivity contribution in [2.75, 3.05) is 26.7 Å². The van der Waals surface area contributed by atoms with Gasteiger partial charge in [0.25, 0.3) is 5.91 Å². The van der Waals surface area contributed by atoms with E-state index in [1.54, 1.807) is 11.9 Å². The number of likely N-dealkylation sites (tertiary alicyclic amines) is 1. The predicted octanol–water partition coefficient (Wildman–Crippen LogP) is 1.99. The van der Waals surface area contributed by atoms with Crippen molar-refractivity contribution >= 4 is 23.4 Å². The molecule has 2 heterocycles. The summed E-state index contributed by atoms with van der Waals surface area (Å²) in [7, 11) is 1.60. The summed E-state index contributed by atoms with van der Waals surface area (Å²) < 4.78 is 32.5. The Morgan fingerprint density at radius 3 is 2.54 bits per heavy atom. The molecule has 39 heavy (non-hydrogen) atoms. The lowest BCUT2D eigenvalue weighted by molar-refractivity contribution is -0.143. The minimum atomic E-state index is -1.26. The summed E-state index contributed by atoms with van der Waals surface area (Å²) in [5, 5.41) is 8.46. The van der Waals surface area contributed by atoms with Crippen molar-refractivity contribution < 1.29 is 27.9 Å². The van der Waals surface area contributed by atoms with Crippen molar-refractivity contribution in [2.45, 2.75) is 44.9 Å². The number of hydrogen-bond donors (Lipinski definition) is 2. The lowest BCUT2D eigenvalue weighted by Crippen LogP contribution is -2.61. The number of ether oxygens (including phenoxy) is 1. The Balaban J connectivity index is 1.54. The minimum Gasteiger partial charge on any atom is -0.374 e. The number of rotatable bonds is 9. The summed E-state index contributed by atoms with van der Waals surface area (Å²) in [4.78, 5) is 41.5. The number of piperidine rings is 1. The molecule has 0 bridgehead atoms. The Bertz CT molecular complexity index is 1280. The number of benzene rings is 2. The maximum absolute atomic E-state index is 13.8. The van der Waals surface area contributed by atoms with Crippen LogP contribution >= 0.6 is 0 Å². The standard InChI is InChI=1S/C28H33F2N5O4/c1-27(2,31)25(37)32-22(16-39-15-19-9-10-20(29)21(30)13-19)24(36)35-12-11-23-28(17-35,26(38)34(3)33-23)14-18-7-5-4-6-8-18/h4-10,13,22H,11-12,14-17,31H2,1-3H3,(H,32,37). The van der Waals surface area contributed by atoms with Gasteiger partial charge in [0.1, 0.15) is 11.5 Å². The van der Waals surface area contributed by atoms with E-state index in [2.05, 4.69) is 10.4 Å². The van der Waals surface area contributed by atoms with Crippen molar-refractivity contribution in [2.24, 2.45) is 16.3 Å². The number of carbonyl (C=O) groups is 3. The third-order valence-electron chi connectivity index (χ3n) is 6.99. The SMILES string of the molecule is CN1N=C2CCN(C(=O)C(COCc3ccc(F)c(F)c3)NC(=O)C(C)(C)N)CC2(Cc2ccccc2)C1=O. The van der Waals surface area contributed by atoms with E-state index >= 15 is 0 Å². The zero-order chi connectivity index (χ0) is 28.4. The number of hydrogen-bond acceptors (Lipinski definition) is 6. The molecule has 3 N–H and O–H groups in total. The highest BCUT2D eigenvalue weighted by Gasteiger charge is 2.54. The second kappa shape index (κ2) is 11.2. The molecule has 2 aromatic carbocycles. The molecule has 0 radical (unpaired) electrons. The molecule has 4 rings (SSSR count). The highest BCUT2D eigenvalue weighted by Crippen LogP contribution is 2.38. The molecule has 208 valence electrons. The number of nitrogens with two attached hydrogens (primary N) is 1. The van der Waals surface area contributed by atoms with Gasteiger partial charge in [-0.2, -0.15) is 5.10 Å². The number of amides is 3. The van der Waals surface area contributed by atoms with Crippen LogP contribution in [0.1, 0.15) is 31.4 Å². The molecule has 1 fully saturated rings. The van der Waals surface area contributed by atoms with Crippen LogP contribution in [-0.2, 0) is 32.1 Å². The van der Waals surface area contributed by atoms with Gasteiger partial charge in [0.15, 0.2) is 11.6 Å². The van der Waals surface area contributed by atoms with E-state index in [9.17, 15) is 23.2 Å². The van der Waals surface area contributed by atoms with Gasteiger partial charge in [-0.15, -0.1) is 0 Å². The van der Waals surface area contributed by atoms with Crippen molar-refractivity contribution in [1.82, 2.24) is 15.2 Å². The van der Waals surface area contributed by atoms with Gasteiger partial charge in [-0.3, -0.25) is 14.4 Å². The van der Waals surface area contributed by atoms with E-state index in [4.69, 9.17) is 10.5 Å². The molecular weight excluding hydrogens is 508 g/mol. The van der Waals surface area contributed by atoms with Crippen molar-refractivity contribution in [1.29, 1.82) is 0 Å². The largest absolute Gasteiger partial charge is 0.374 e. The Hall–Kier alpha value is -3.70. The lowest BCUT2D eigenvalue weighted by Gasteiger charge is -2.40. The Morgan fingerprint density at radius 2 is 1.87 bits per heavy atom. The maximum atomic E-state index is 13.8. The molecule has 2 atom stereocenters. The molecule has 0 aliphatic carbocycles. The normalized spacial score (nSPS) is 19.9. The average molecular weight is 542 g/mol. The van der Waals surface area contributed by atoms with Crippen molar-refractivity contribution in [3.8, 4) is 0 Å². The number of hydrazone groups is 1. The van der Waals surface area contributed by atoms with Crippen LogP contribution in [0.4, 0.5) is 8.78 Å². The zero-order valence-electron chi connectivity index (χ0n) is 22.2. The summed E-state index contributed by atoms with van der Waals surface area (Å²) in [6, 6.07) is 11.8. The molecule has 0 aromatic heterocycles. The monoisotopic (exact) mass is 541 g/mol. The second-order valence-electron chi connectivity index (χ2n) is 10.6. The van der Waals surface area contributed by atoms with Gasteiger partial charge in [-0.25, -0.2) is 13.8 Å². The molecule has 2 unspecified atom stereocenters. The van der Waals surface area contributed by atoms with Crippen LogP contribution < -0.4 is 11.1 Å². The van der Waals surface area contributed by atoms with Crippen LogP contribution in [-0.4, -0.2) is 71.7 Å². The first-order chi connectivity index (χ1) is 18.4. The van der Waals surface area contributed by atoms with Crippen LogP contribution in [0.2, 0.25) is 0 Å². The van der Waals surface area contributed by atoms with Gasteiger partial charge in [0.05, 0.1) is 24.5 Å². The van der Waals surface area contributed by atoms with E-state index < -0.39 is 40.4 Å². The van der Waals surface area contributed by atoms with Crippen LogP contribution in [0.3, 0.4) is 0 Å². The highest BCUT2D eigenvalue weighted by atomic mass is 19.2. The molecule has 3 amide bonds. The molecule has 1 saturated heterocycles. The van der Waals surface area contributed by atoms with Crippen LogP contribution in [0.15, 0.2) is 53.6 Å². The van der Waals surface area contributed by atoms with Gasteiger partial charge in [-0.05, 0) is 43.5 Å². The predicted molar refractivity (Wildman–Crippen MR) is 140 cm³/mol. The van der Waals surface area contributed by atoms with Crippen LogP contribution in [0.25, 0.3) is 0 Å². The van der Waals surface area contributed by atoms with Crippen molar-refractivity contribution in [3.63, 3.8) is 0 Å². The Kier molecular flexibility index (Phi) is 8.12. The number of nitrogens with zero attached hydrogens (tertiary/aromatic N) is 3. The smallest absolute Gasteiger partial charge is 0.256 e. The summed E-state index contributed by atoms with van der Waals surface area (Å²) >= 11 is 0. The Labute approximate surface area is 226 Å². The fraction of sp³-hybridized carbons (Fsp3) is 0.429. The molecule has 0 saturated carbocycles. The minimum absolute atomic E-state index is 0.0876. The zero-order valence-corrected chi connectivity index (χ0v) is 22.2. The lowest BCUT2D eigenvalue weighted by atomic mass is 9.73. The van der Waals surface area contributed by atoms with E-state index in [0.29, 0.717) is 24.9 Å². The first-order valence-corrected chi connectivity index (χ1v) is 12.7. The summed E-state index contributed by atoms with van der Waals surface area (Å²) in [5.74, 6) is -3.19. The van der Waals surface area contributed by atoms with E-state index in [1.165, 1.54) is 24.9 Å². The molecule has 0 spiro atoms. The summed E-state index contributed by atoms with van der Waals surface area (Å²) in [5.41, 5.74) is 5.69. The number of nitrogens with one attached hydrogen (secondary N) is 1. The van der Waals surface area contributed by atoms with Crippen LogP contribution in [0, 0.1) is 17.0 Å². The molecule has 2 aromatic rings. The number of carbonyl (C=O) groups excluding carboxylic acids is 3. The van der Waals surface area contributed by atoms with Gasteiger partial charge in [0, 0.05) is 26.6 Å². The van der Waals surface area contributed by atoms with E-state index in [1.807, 2.05) is 30.3 Å². The number of fused-ring (bicyclic) bond motifs is 1. The van der Waals surface area contributed by atoms with Crippen molar-refractivity contribution in [3.05, 3.63) is 71.3 Å². The Morgan fingerprint density at radius 1 is 1.15 bits per heavy atom. The van der Waals surface area contributed by atoms with Gasteiger partial charge in [0.2, 0.25) is 11.8 Å². The van der Waals surface area contributed by atoms with E-state index in [0.717, 1.165) is 23.4 Å².